The summed E-state index contributed by atoms with van der Waals surface area (Å²) in [6.07, 6.45) is 7.42. The van der Waals surface area contributed by atoms with Crippen molar-refractivity contribution in [2.45, 2.75) is 25.8 Å². The van der Waals surface area contributed by atoms with Crippen LogP contribution in [0.3, 0.4) is 0 Å². The Morgan fingerprint density at radius 1 is 1.13 bits per heavy atom. The van der Waals surface area contributed by atoms with Gasteiger partial charge in [-0.15, -0.1) is 0 Å². The van der Waals surface area contributed by atoms with E-state index in [0.29, 0.717) is 12.0 Å². The van der Waals surface area contributed by atoms with Gasteiger partial charge in [0.25, 0.3) is 0 Å². The molecule has 0 radical (unpaired) electrons. The van der Waals surface area contributed by atoms with Crippen LogP contribution in [-0.4, -0.2) is 57.6 Å². The van der Waals surface area contributed by atoms with E-state index in [0.717, 1.165) is 49.6 Å². The van der Waals surface area contributed by atoms with E-state index in [9.17, 15) is 0 Å². The molecule has 0 bridgehead atoms. The number of nitrogens with one attached hydrogen (secondary N) is 2. The van der Waals surface area contributed by atoms with E-state index >= 15 is 0 Å². The van der Waals surface area contributed by atoms with Gasteiger partial charge in [0, 0.05) is 36.6 Å². The van der Waals surface area contributed by atoms with Gasteiger partial charge in [-0.2, -0.15) is 0 Å². The molecule has 23 heavy (non-hydrogen) atoms. The fourth-order valence-electron chi connectivity index (χ4n) is 2.66. The molecule has 0 aliphatic carbocycles. The molecule has 0 spiro atoms. The van der Waals surface area contributed by atoms with Crippen molar-refractivity contribution >= 4 is 11.8 Å². The van der Waals surface area contributed by atoms with Crippen LogP contribution in [0.5, 0.6) is 0 Å². The lowest BCUT2D eigenvalue weighted by molar-refractivity contribution is 0.263. The first-order valence-electron chi connectivity index (χ1n) is 8.08. The molecule has 0 amide bonds. The van der Waals surface area contributed by atoms with Crippen LogP contribution in [0, 0.1) is 0 Å². The van der Waals surface area contributed by atoms with Gasteiger partial charge in [0.05, 0.1) is 5.69 Å². The summed E-state index contributed by atoms with van der Waals surface area (Å²) >= 11 is 0. The van der Waals surface area contributed by atoms with E-state index in [1.807, 2.05) is 25.4 Å². The van der Waals surface area contributed by atoms with Gasteiger partial charge in [-0.05, 0) is 39.9 Å². The standard InChI is InChI=1S/C16H23N7/c1-3-17-15-8-14(20-11-21-15)12-9-18-16(19-10-12)22-13-4-6-23(2)7-5-13/h8-11,13H,3-7H2,1-2H3,(H,17,20,21)(H,18,19,22). The minimum atomic E-state index is 0.455. The van der Waals surface area contributed by atoms with Crippen LogP contribution < -0.4 is 10.6 Å². The van der Waals surface area contributed by atoms with E-state index in [1.165, 1.54) is 0 Å². The van der Waals surface area contributed by atoms with Gasteiger partial charge in [-0.25, -0.2) is 19.9 Å². The van der Waals surface area contributed by atoms with E-state index < -0.39 is 0 Å². The summed E-state index contributed by atoms with van der Waals surface area (Å²) in [6, 6.07) is 2.36. The summed E-state index contributed by atoms with van der Waals surface area (Å²) in [5.41, 5.74) is 1.71. The third kappa shape index (κ3) is 4.13. The Morgan fingerprint density at radius 2 is 1.87 bits per heavy atom. The first-order chi connectivity index (χ1) is 11.2. The van der Waals surface area contributed by atoms with Crippen molar-refractivity contribution in [2.24, 2.45) is 0 Å². The number of likely N-dealkylation sites (tertiary alicyclic amines) is 1. The summed E-state index contributed by atoms with van der Waals surface area (Å²) in [5, 5.41) is 6.60. The number of piperidine rings is 1. The summed E-state index contributed by atoms with van der Waals surface area (Å²) in [7, 11) is 2.16. The molecule has 2 aromatic heterocycles. The van der Waals surface area contributed by atoms with Gasteiger partial charge in [-0.1, -0.05) is 0 Å². The zero-order valence-electron chi connectivity index (χ0n) is 13.7. The minimum absolute atomic E-state index is 0.455. The zero-order chi connectivity index (χ0) is 16.1. The van der Waals surface area contributed by atoms with Crippen molar-refractivity contribution in [1.82, 2.24) is 24.8 Å². The molecule has 7 nitrogen and oxygen atoms in total. The number of nitrogens with zero attached hydrogens (tertiary/aromatic N) is 5. The number of rotatable bonds is 5. The average molecular weight is 313 g/mol. The van der Waals surface area contributed by atoms with Gasteiger partial charge in [-0.3, -0.25) is 0 Å². The summed E-state index contributed by atoms with van der Waals surface area (Å²) in [5.74, 6) is 1.50. The lowest BCUT2D eigenvalue weighted by Gasteiger charge is -2.29. The molecule has 0 saturated carbocycles. The highest BCUT2D eigenvalue weighted by Crippen LogP contribution is 2.18. The van der Waals surface area contributed by atoms with Crippen LogP contribution in [0.2, 0.25) is 0 Å². The fraction of sp³-hybridized carbons (Fsp3) is 0.500. The molecular formula is C16H23N7. The SMILES string of the molecule is CCNc1cc(-c2cnc(NC3CCN(C)CC3)nc2)ncn1. The first kappa shape index (κ1) is 15.6. The zero-order valence-corrected chi connectivity index (χ0v) is 13.7. The molecule has 122 valence electrons. The first-order valence-corrected chi connectivity index (χ1v) is 8.08. The largest absolute Gasteiger partial charge is 0.370 e. The molecule has 3 rings (SSSR count). The monoisotopic (exact) mass is 313 g/mol. The van der Waals surface area contributed by atoms with Gasteiger partial charge in [0.15, 0.2) is 0 Å². The predicted octanol–water partition coefficient (Wildman–Crippen LogP) is 1.87. The molecule has 1 aliphatic heterocycles. The number of anilines is 2. The maximum absolute atomic E-state index is 4.43. The maximum atomic E-state index is 4.43. The summed E-state index contributed by atoms with van der Waals surface area (Å²) < 4.78 is 0. The Hall–Kier alpha value is -2.28. The third-order valence-corrected chi connectivity index (χ3v) is 4.02. The Bertz CT molecular complexity index is 621. The molecule has 0 aromatic carbocycles. The Kier molecular flexibility index (Phi) is 4.97. The minimum Gasteiger partial charge on any atom is -0.370 e. The average Bonchev–Trinajstić information content (AvgIpc) is 2.58. The quantitative estimate of drug-likeness (QED) is 0.872. The van der Waals surface area contributed by atoms with E-state index in [1.54, 1.807) is 6.33 Å². The van der Waals surface area contributed by atoms with Crippen molar-refractivity contribution < 1.29 is 0 Å². The molecule has 1 fully saturated rings. The predicted molar refractivity (Wildman–Crippen MR) is 91.4 cm³/mol. The third-order valence-electron chi connectivity index (χ3n) is 4.02. The van der Waals surface area contributed by atoms with E-state index in [4.69, 9.17) is 0 Å². The Labute approximate surface area is 136 Å². The molecule has 1 saturated heterocycles. The Balaban J connectivity index is 1.66. The summed E-state index contributed by atoms with van der Waals surface area (Å²) in [4.78, 5) is 19.7. The molecule has 0 unspecified atom stereocenters. The van der Waals surface area contributed by atoms with Crippen molar-refractivity contribution in [2.75, 3.05) is 37.3 Å². The summed E-state index contributed by atoms with van der Waals surface area (Å²) in [6.45, 7) is 5.09. The number of hydrogen-bond acceptors (Lipinski definition) is 7. The highest BCUT2D eigenvalue weighted by Gasteiger charge is 2.17. The van der Waals surface area contributed by atoms with Crippen LogP contribution in [0.1, 0.15) is 19.8 Å². The molecule has 0 atom stereocenters. The van der Waals surface area contributed by atoms with Crippen LogP contribution in [0.15, 0.2) is 24.8 Å². The number of aromatic nitrogens is 4. The van der Waals surface area contributed by atoms with Gasteiger partial charge < -0.3 is 15.5 Å². The van der Waals surface area contributed by atoms with Crippen molar-refractivity contribution in [1.29, 1.82) is 0 Å². The Morgan fingerprint density at radius 3 is 2.57 bits per heavy atom. The second-order valence-corrected chi connectivity index (χ2v) is 5.84. The van der Waals surface area contributed by atoms with E-state index in [2.05, 4.69) is 42.5 Å². The maximum Gasteiger partial charge on any atom is 0.222 e. The van der Waals surface area contributed by atoms with Crippen molar-refractivity contribution in [3.8, 4) is 11.3 Å². The molecular weight excluding hydrogens is 290 g/mol. The van der Waals surface area contributed by atoms with Crippen LogP contribution in [0.4, 0.5) is 11.8 Å². The second kappa shape index (κ2) is 7.32. The van der Waals surface area contributed by atoms with Crippen molar-refractivity contribution in [3.63, 3.8) is 0 Å². The highest BCUT2D eigenvalue weighted by atomic mass is 15.2. The highest BCUT2D eigenvalue weighted by molar-refractivity contribution is 5.60. The van der Waals surface area contributed by atoms with Crippen molar-refractivity contribution in [3.05, 3.63) is 24.8 Å². The molecule has 3 heterocycles. The van der Waals surface area contributed by atoms with Crippen LogP contribution in [-0.2, 0) is 0 Å². The van der Waals surface area contributed by atoms with Crippen LogP contribution >= 0.6 is 0 Å². The number of hydrogen-bond donors (Lipinski definition) is 2. The van der Waals surface area contributed by atoms with Gasteiger partial charge in [0.1, 0.15) is 12.1 Å². The molecule has 1 aliphatic rings. The second-order valence-electron chi connectivity index (χ2n) is 5.84. The van der Waals surface area contributed by atoms with Gasteiger partial charge in [0.2, 0.25) is 5.95 Å². The fourth-order valence-corrected chi connectivity index (χ4v) is 2.66. The topological polar surface area (TPSA) is 78.9 Å². The molecule has 2 aromatic rings. The lowest BCUT2D eigenvalue weighted by atomic mass is 10.1. The normalized spacial score (nSPS) is 16.3. The lowest BCUT2D eigenvalue weighted by Crippen LogP contribution is -2.37. The molecule has 7 heteroatoms. The smallest absolute Gasteiger partial charge is 0.222 e. The van der Waals surface area contributed by atoms with E-state index in [-0.39, 0.29) is 0 Å². The van der Waals surface area contributed by atoms with Gasteiger partial charge >= 0.3 is 0 Å². The van der Waals surface area contributed by atoms with Crippen LogP contribution in [0.25, 0.3) is 11.3 Å². The molecule has 2 N–H and O–H groups in total.